The average molecular weight is 248 g/mol. The first kappa shape index (κ1) is 12.0. The van der Waals surface area contributed by atoms with Gasteiger partial charge in [0.05, 0.1) is 0 Å². The number of hydrogen-bond acceptors (Lipinski definition) is 2. The highest BCUT2D eigenvalue weighted by molar-refractivity contribution is 8.56. The quantitative estimate of drug-likeness (QED) is 0.713. The van der Waals surface area contributed by atoms with Gasteiger partial charge in [-0.15, -0.1) is 0 Å². The Hall–Kier alpha value is 0.500. The van der Waals surface area contributed by atoms with Gasteiger partial charge < -0.3 is 0 Å². The van der Waals surface area contributed by atoms with E-state index in [0.717, 1.165) is 31.9 Å². The maximum absolute atomic E-state index is 13.0. The van der Waals surface area contributed by atoms with E-state index < -0.39 is 6.65 Å². The van der Waals surface area contributed by atoms with Crippen LogP contribution in [0.2, 0.25) is 0 Å². The van der Waals surface area contributed by atoms with Crippen LogP contribution < -0.4 is 0 Å². The molecule has 0 bridgehead atoms. The van der Waals surface area contributed by atoms with Crippen LogP contribution >= 0.6 is 18.0 Å². The van der Waals surface area contributed by atoms with Crippen molar-refractivity contribution in [2.45, 2.75) is 32.6 Å². The molecule has 2 rings (SSSR count). The van der Waals surface area contributed by atoms with Crippen molar-refractivity contribution in [3.05, 3.63) is 0 Å². The number of nitrogens with zero attached hydrogens (tertiary/aromatic N) is 2. The Balaban J connectivity index is 2.10. The van der Waals surface area contributed by atoms with Gasteiger partial charge in [-0.1, -0.05) is 18.3 Å². The Morgan fingerprint density at radius 3 is 1.73 bits per heavy atom. The van der Waals surface area contributed by atoms with Gasteiger partial charge in [0.2, 0.25) is 0 Å². The molecule has 0 aromatic heterocycles. The maximum Gasteiger partial charge on any atom is 0.271 e. The molecular formula is C10H21N2OPS. The highest BCUT2D eigenvalue weighted by atomic mass is 32.7. The molecule has 2 aliphatic heterocycles. The molecule has 0 N–H and O–H groups in total. The highest BCUT2D eigenvalue weighted by Gasteiger charge is 2.39. The molecule has 3 nitrogen and oxygen atoms in total. The molecule has 0 saturated carbocycles. The van der Waals surface area contributed by atoms with Gasteiger partial charge in [-0.2, -0.15) is 0 Å². The second-order valence-electron chi connectivity index (χ2n) is 4.23. The van der Waals surface area contributed by atoms with E-state index in [0.29, 0.717) is 0 Å². The van der Waals surface area contributed by atoms with Crippen LogP contribution in [0.25, 0.3) is 0 Å². The Labute approximate surface area is 96.8 Å². The summed E-state index contributed by atoms with van der Waals surface area (Å²) in [5.74, 6) is 0.963. The lowest BCUT2D eigenvalue weighted by Gasteiger charge is -2.33. The Bertz CT molecular complexity index is 230. The Morgan fingerprint density at radius 2 is 1.40 bits per heavy atom. The van der Waals surface area contributed by atoms with Crippen molar-refractivity contribution < 1.29 is 4.57 Å². The summed E-state index contributed by atoms with van der Waals surface area (Å²) >= 11 is 1.68. The van der Waals surface area contributed by atoms with Crippen LogP contribution in [0.4, 0.5) is 0 Å². The first-order valence-corrected chi connectivity index (χ1v) is 9.23. The minimum atomic E-state index is -2.23. The molecule has 0 radical (unpaired) electrons. The van der Waals surface area contributed by atoms with Crippen molar-refractivity contribution in [2.24, 2.45) is 0 Å². The predicted octanol–water partition coefficient (Wildman–Crippen LogP) is 3.04. The molecule has 5 heteroatoms. The van der Waals surface area contributed by atoms with Crippen molar-refractivity contribution >= 4 is 18.0 Å². The van der Waals surface area contributed by atoms with Gasteiger partial charge in [0.15, 0.2) is 0 Å². The van der Waals surface area contributed by atoms with E-state index in [4.69, 9.17) is 0 Å². The molecular weight excluding hydrogens is 227 g/mol. The topological polar surface area (TPSA) is 23.6 Å². The molecule has 2 fully saturated rings. The molecule has 0 atom stereocenters. The smallest absolute Gasteiger partial charge is 0.271 e. The molecule has 0 aromatic rings. The normalized spacial score (nSPS) is 25.1. The van der Waals surface area contributed by atoms with Crippen LogP contribution in [0.5, 0.6) is 0 Å². The van der Waals surface area contributed by atoms with Crippen molar-refractivity contribution in [1.29, 1.82) is 0 Å². The predicted molar refractivity (Wildman–Crippen MR) is 67.4 cm³/mol. The van der Waals surface area contributed by atoms with Gasteiger partial charge in [-0.05, 0) is 31.4 Å². The third-order valence-corrected chi connectivity index (χ3v) is 9.17. The van der Waals surface area contributed by atoms with Gasteiger partial charge in [0.25, 0.3) is 6.65 Å². The number of hydrogen-bond donors (Lipinski definition) is 0. The van der Waals surface area contributed by atoms with E-state index in [2.05, 4.69) is 16.3 Å². The summed E-state index contributed by atoms with van der Waals surface area (Å²) in [6, 6.07) is 0. The van der Waals surface area contributed by atoms with Gasteiger partial charge in [0, 0.05) is 26.2 Å². The first-order chi connectivity index (χ1) is 7.27. The monoisotopic (exact) mass is 248 g/mol. The van der Waals surface area contributed by atoms with Crippen LogP contribution in [-0.4, -0.2) is 41.3 Å². The molecule has 2 saturated heterocycles. The van der Waals surface area contributed by atoms with E-state index in [1.807, 2.05) is 0 Å². The summed E-state index contributed by atoms with van der Waals surface area (Å²) in [4.78, 5) is 0. The van der Waals surface area contributed by atoms with Crippen molar-refractivity contribution in [3.63, 3.8) is 0 Å². The fraction of sp³-hybridized carbons (Fsp3) is 1.00. The van der Waals surface area contributed by atoms with Crippen molar-refractivity contribution in [2.75, 3.05) is 31.9 Å². The third kappa shape index (κ3) is 2.44. The summed E-state index contributed by atoms with van der Waals surface area (Å²) < 4.78 is 17.5. The number of rotatable bonds is 4. The fourth-order valence-electron chi connectivity index (χ4n) is 2.42. The van der Waals surface area contributed by atoms with Gasteiger partial charge in [-0.3, -0.25) is 4.57 Å². The van der Waals surface area contributed by atoms with Crippen LogP contribution in [0.3, 0.4) is 0 Å². The molecule has 2 heterocycles. The van der Waals surface area contributed by atoms with E-state index in [-0.39, 0.29) is 0 Å². The standard InChI is InChI=1S/C10H21N2OPS/c1-2-15-14(13,11-7-3-4-8-11)12-9-5-6-10-12/h2-10H2,1H3. The molecule has 2 aliphatic rings. The molecule has 0 spiro atoms. The fourth-order valence-corrected chi connectivity index (χ4v) is 7.98. The van der Waals surface area contributed by atoms with E-state index in [1.165, 1.54) is 25.7 Å². The summed E-state index contributed by atoms with van der Waals surface area (Å²) in [6.07, 6.45) is 4.90. The van der Waals surface area contributed by atoms with Crippen LogP contribution in [0.1, 0.15) is 32.6 Å². The van der Waals surface area contributed by atoms with Crippen LogP contribution in [0.15, 0.2) is 0 Å². The van der Waals surface area contributed by atoms with Gasteiger partial charge in [-0.25, -0.2) is 9.34 Å². The lowest BCUT2D eigenvalue weighted by atomic mass is 10.4. The zero-order valence-corrected chi connectivity index (χ0v) is 11.2. The molecule has 88 valence electrons. The first-order valence-electron chi connectivity index (χ1n) is 6.03. The minimum absolute atomic E-state index is 0.963. The molecule has 0 aromatic carbocycles. The maximum atomic E-state index is 13.0. The van der Waals surface area contributed by atoms with E-state index in [1.54, 1.807) is 11.4 Å². The largest absolute Gasteiger partial charge is 0.277 e. The van der Waals surface area contributed by atoms with Crippen molar-refractivity contribution in [1.82, 2.24) is 9.34 Å². The summed E-state index contributed by atoms with van der Waals surface area (Å²) in [7, 11) is 0. The second kappa shape index (κ2) is 5.22. The van der Waals surface area contributed by atoms with E-state index >= 15 is 0 Å². The lowest BCUT2D eigenvalue weighted by Crippen LogP contribution is -2.26. The molecule has 0 amide bonds. The van der Waals surface area contributed by atoms with Gasteiger partial charge in [0.1, 0.15) is 0 Å². The lowest BCUT2D eigenvalue weighted by molar-refractivity contribution is 0.411. The van der Waals surface area contributed by atoms with Crippen molar-refractivity contribution in [3.8, 4) is 0 Å². The second-order valence-corrected chi connectivity index (χ2v) is 9.38. The third-order valence-electron chi connectivity index (χ3n) is 3.18. The van der Waals surface area contributed by atoms with Crippen LogP contribution in [0, 0.1) is 0 Å². The molecule has 0 aliphatic carbocycles. The molecule has 15 heavy (non-hydrogen) atoms. The molecule has 0 unspecified atom stereocenters. The minimum Gasteiger partial charge on any atom is -0.277 e. The zero-order valence-electron chi connectivity index (χ0n) is 9.52. The van der Waals surface area contributed by atoms with Gasteiger partial charge >= 0.3 is 0 Å². The zero-order chi connectivity index (χ0) is 10.7. The van der Waals surface area contributed by atoms with E-state index in [9.17, 15) is 4.57 Å². The summed E-state index contributed by atoms with van der Waals surface area (Å²) in [5.41, 5.74) is 0. The average Bonchev–Trinajstić information content (AvgIpc) is 2.92. The highest BCUT2D eigenvalue weighted by Crippen LogP contribution is 2.65. The SMILES string of the molecule is CCSP(=O)(N1CCCC1)N1CCCC1. The Kier molecular flexibility index (Phi) is 4.17. The van der Waals surface area contributed by atoms with Crippen LogP contribution in [-0.2, 0) is 4.57 Å². The summed E-state index contributed by atoms with van der Waals surface area (Å²) in [5, 5.41) is 0. The Morgan fingerprint density at radius 1 is 1.00 bits per heavy atom. The summed E-state index contributed by atoms with van der Waals surface area (Å²) in [6.45, 7) is 4.05.